The van der Waals surface area contributed by atoms with Gasteiger partial charge in [0.15, 0.2) is 6.61 Å². The molecule has 0 aliphatic carbocycles. The number of carbonyl (C=O) groups is 2. The topological polar surface area (TPSA) is 90.4 Å². The van der Waals surface area contributed by atoms with Gasteiger partial charge in [0.2, 0.25) is 11.8 Å². The van der Waals surface area contributed by atoms with Crippen molar-refractivity contribution in [3.05, 3.63) is 46.8 Å². The number of nitrogens with zero attached hydrogens (tertiary/aromatic N) is 2. The number of halogens is 3. The largest absolute Gasteiger partial charge is 0.478 e. The molecule has 10 heteroatoms. The first-order chi connectivity index (χ1) is 14.6. The van der Waals surface area contributed by atoms with Crippen molar-refractivity contribution in [3.63, 3.8) is 0 Å². The van der Waals surface area contributed by atoms with Gasteiger partial charge in [-0.15, -0.1) is 0 Å². The Kier molecular flexibility index (Phi) is 8.35. The van der Waals surface area contributed by atoms with Crippen LogP contribution in [0.4, 0.5) is 13.2 Å². The summed E-state index contributed by atoms with van der Waals surface area (Å²) in [6, 6.07) is 5.92. The minimum atomic E-state index is -4.48. The summed E-state index contributed by atoms with van der Waals surface area (Å²) < 4.78 is 47.0. The summed E-state index contributed by atoms with van der Waals surface area (Å²) in [6.45, 7) is 3.99. The predicted octanol–water partition coefficient (Wildman–Crippen LogP) is 3.58. The first-order valence-electron chi connectivity index (χ1n) is 9.71. The second-order valence-corrected chi connectivity index (χ2v) is 6.69. The van der Waals surface area contributed by atoms with Crippen LogP contribution < -0.4 is 14.8 Å². The summed E-state index contributed by atoms with van der Waals surface area (Å²) in [5.41, 5.74) is 1.94. The quantitative estimate of drug-likeness (QED) is 0.609. The molecular formula is C21H24F3N3O4. The average molecular weight is 439 g/mol. The number of aryl methyl sites for hydroxylation is 1. The van der Waals surface area contributed by atoms with Gasteiger partial charge in [-0.2, -0.15) is 18.2 Å². The third kappa shape index (κ3) is 7.88. The molecule has 0 radical (unpaired) electrons. The maximum absolute atomic E-state index is 12.6. The number of ether oxygens (including phenoxy) is 2. The standard InChI is InChI=1S/C21H24F3N3O4/c1-4-17(28)10-16-9-15(8-13(3)26-16)19(29)25-11-14-6-7-18(27-20(14)30-5-2)31-12-21(22,23)24/h6-9H,4-5,10-12H2,1-3H3,(H,25,29). The summed E-state index contributed by atoms with van der Waals surface area (Å²) in [4.78, 5) is 32.5. The van der Waals surface area contributed by atoms with E-state index < -0.39 is 18.7 Å². The van der Waals surface area contributed by atoms with Gasteiger partial charge in [-0.3, -0.25) is 14.6 Å². The van der Waals surface area contributed by atoms with Crippen molar-refractivity contribution in [3.8, 4) is 11.8 Å². The first-order valence-corrected chi connectivity index (χ1v) is 9.71. The number of nitrogens with one attached hydrogen (secondary N) is 1. The third-order valence-corrected chi connectivity index (χ3v) is 4.06. The van der Waals surface area contributed by atoms with Crippen LogP contribution in [0.1, 0.15) is 47.6 Å². The lowest BCUT2D eigenvalue weighted by Crippen LogP contribution is -2.24. The Morgan fingerprint density at radius 3 is 2.48 bits per heavy atom. The van der Waals surface area contributed by atoms with Crippen LogP contribution in [0, 0.1) is 6.92 Å². The molecule has 0 aromatic carbocycles. The van der Waals surface area contributed by atoms with E-state index >= 15 is 0 Å². The highest BCUT2D eigenvalue weighted by atomic mass is 19.4. The zero-order valence-electron chi connectivity index (χ0n) is 17.5. The van der Waals surface area contributed by atoms with Crippen molar-refractivity contribution in [2.45, 2.75) is 46.3 Å². The fourth-order valence-corrected chi connectivity index (χ4v) is 2.65. The van der Waals surface area contributed by atoms with Gasteiger partial charge in [-0.25, -0.2) is 0 Å². The fourth-order valence-electron chi connectivity index (χ4n) is 2.65. The van der Waals surface area contributed by atoms with Crippen LogP contribution in [-0.4, -0.2) is 41.0 Å². The van der Waals surface area contributed by atoms with E-state index in [-0.39, 0.29) is 37.1 Å². The lowest BCUT2D eigenvalue weighted by atomic mass is 10.1. The molecule has 168 valence electrons. The number of alkyl halides is 3. The van der Waals surface area contributed by atoms with Gasteiger partial charge in [0, 0.05) is 48.0 Å². The number of Topliss-reactive ketones (excluding diaryl/α,β-unsaturated/α-hetero) is 1. The fraction of sp³-hybridized carbons (Fsp3) is 0.429. The van der Waals surface area contributed by atoms with Gasteiger partial charge in [0.1, 0.15) is 5.78 Å². The summed E-state index contributed by atoms with van der Waals surface area (Å²) in [6.07, 6.45) is -3.95. The van der Waals surface area contributed by atoms with E-state index in [4.69, 9.17) is 4.74 Å². The number of hydrogen-bond acceptors (Lipinski definition) is 6. The number of aromatic nitrogens is 2. The van der Waals surface area contributed by atoms with Gasteiger partial charge in [0.25, 0.3) is 5.91 Å². The van der Waals surface area contributed by atoms with Crippen molar-refractivity contribution in [1.82, 2.24) is 15.3 Å². The van der Waals surface area contributed by atoms with E-state index in [2.05, 4.69) is 20.0 Å². The van der Waals surface area contributed by atoms with E-state index in [0.717, 1.165) is 0 Å². The van der Waals surface area contributed by atoms with Crippen molar-refractivity contribution in [2.24, 2.45) is 0 Å². The van der Waals surface area contributed by atoms with Crippen LogP contribution in [0.15, 0.2) is 24.3 Å². The van der Waals surface area contributed by atoms with Gasteiger partial charge in [-0.1, -0.05) is 6.92 Å². The molecule has 2 aromatic rings. The molecule has 0 aliphatic rings. The number of amides is 1. The Labute approximate surface area is 178 Å². The highest BCUT2D eigenvalue weighted by molar-refractivity contribution is 5.94. The minimum Gasteiger partial charge on any atom is -0.478 e. The monoisotopic (exact) mass is 439 g/mol. The molecule has 0 saturated carbocycles. The molecule has 2 rings (SSSR count). The number of carbonyl (C=O) groups excluding carboxylic acids is 2. The van der Waals surface area contributed by atoms with Gasteiger partial charge in [-0.05, 0) is 32.0 Å². The van der Waals surface area contributed by atoms with Crippen LogP contribution in [-0.2, 0) is 17.8 Å². The zero-order chi connectivity index (χ0) is 23.0. The number of pyridine rings is 2. The number of ketones is 1. The van der Waals surface area contributed by atoms with E-state index in [1.54, 1.807) is 32.9 Å². The van der Waals surface area contributed by atoms with Crippen molar-refractivity contribution < 1.29 is 32.2 Å². The Morgan fingerprint density at radius 2 is 1.84 bits per heavy atom. The SMILES string of the molecule is CCOc1nc(OCC(F)(F)F)ccc1CNC(=O)c1cc(C)nc(CC(=O)CC)c1. The lowest BCUT2D eigenvalue weighted by molar-refractivity contribution is -0.154. The first kappa shape index (κ1) is 24.1. The maximum atomic E-state index is 12.6. The molecule has 0 saturated heterocycles. The van der Waals surface area contributed by atoms with Crippen LogP contribution in [0.25, 0.3) is 0 Å². The highest BCUT2D eigenvalue weighted by Gasteiger charge is 2.28. The normalized spacial score (nSPS) is 11.2. The molecule has 7 nitrogen and oxygen atoms in total. The van der Waals surface area contributed by atoms with E-state index in [1.807, 2.05) is 0 Å². The molecule has 0 fully saturated rings. The predicted molar refractivity (Wildman–Crippen MR) is 106 cm³/mol. The molecule has 1 amide bonds. The van der Waals surface area contributed by atoms with Crippen molar-refractivity contribution in [1.29, 1.82) is 0 Å². The lowest BCUT2D eigenvalue weighted by Gasteiger charge is -2.13. The van der Waals surface area contributed by atoms with Gasteiger partial charge in [0.05, 0.1) is 6.61 Å². The van der Waals surface area contributed by atoms with Crippen molar-refractivity contribution >= 4 is 11.7 Å². The molecular weight excluding hydrogens is 415 g/mol. The molecule has 0 bridgehead atoms. The van der Waals surface area contributed by atoms with Gasteiger partial charge >= 0.3 is 6.18 Å². The molecule has 0 unspecified atom stereocenters. The second kappa shape index (κ2) is 10.7. The summed E-state index contributed by atoms with van der Waals surface area (Å²) in [5, 5.41) is 2.72. The Hall–Kier alpha value is -3.17. The van der Waals surface area contributed by atoms with E-state index in [1.165, 1.54) is 12.1 Å². The second-order valence-electron chi connectivity index (χ2n) is 6.69. The number of rotatable bonds is 10. The maximum Gasteiger partial charge on any atom is 0.422 e. The average Bonchev–Trinajstić information content (AvgIpc) is 2.70. The van der Waals surface area contributed by atoms with E-state index in [9.17, 15) is 22.8 Å². The Balaban J connectivity index is 2.11. The van der Waals surface area contributed by atoms with Crippen LogP contribution in [0.3, 0.4) is 0 Å². The van der Waals surface area contributed by atoms with Gasteiger partial charge < -0.3 is 14.8 Å². The number of hydrogen-bond donors (Lipinski definition) is 1. The highest BCUT2D eigenvalue weighted by Crippen LogP contribution is 2.23. The molecule has 1 N–H and O–H groups in total. The van der Waals surface area contributed by atoms with Crippen LogP contribution >= 0.6 is 0 Å². The zero-order valence-corrected chi connectivity index (χ0v) is 17.5. The molecule has 0 aliphatic heterocycles. The Bertz CT molecular complexity index is 933. The summed E-state index contributed by atoms with van der Waals surface area (Å²) in [7, 11) is 0. The Morgan fingerprint density at radius 1 is 1.10 bits per heavy atom. The summed E-state index contributed by atoms with van der Waals surface area (Å²) >= 11 is 0. The summed E-state index contributed by atoms with van der Waals surface area (Å²) in [5.74, 6) is -0.534. The van der Waals surface area contributed by atoms with Crippen LogP contribution in [0.2, 0.25) is 0 Å². The minimum absolute atomic E-state index is 0.0183. The molecule has 0 spiro atoms. The molecule has 2 heterocycles. The molecule has 31 heavy (non-hydrogen) atoms. The molecule has 2 aromatic heterocycles. The van der Waals surface area contributed by atoms with E-state index in [0.29, 0.717) is 28.9 Å². The third-order valence-electron chi connectivity index (χ3n) is 4.06. The van der Waals surface area contributed by atoms with Crippen LogP contribution in [0.5, 0.6) is 11.8 Å². The van der Waals surface area contributed by atoms with Crippen molar-refractivity contribution in [2.75, 3.05) is 13.2 Å². The smallest absolute Gasteiger partial charge is 0.422 e. The molecule has 0 atom stereocenters.